The minimum Gasteiger partial charge on any atom is -0.325 e. The molecular formula is C14H21N3O. The molecule has 1 fully saturated rings. The van der Waals surface area contributed by atoms with Gasteiger partial charge in [-0.15, -0.1) is 0 Å². The summed E-state index contributed by atoms with van der Waals surface area (Å²) in [5, 5.41) is 6.24. The fourth-order valence-corrected chi connectivity index (χ4v) is 2.14. The van der Waals surface area contributed by atoms with Gasteiger partial charge in [-0.05, 0) is 24.1 Å². The average Bonchev–Trinajstić information content (AvgIpc) is 2.40. The van der Waals surface area contributed by atoms with Crippen LogP contribution in [0, 0.1) is 0 Å². The highest BCUT2D eigenvalue weighted by molar-refractivity contribution is 5.92. The van der Waals surface area contributed by atoms with Gasteiger partial charge < -0.3 is 10.6 Å². The molecule has 0 saturated carbocycles. The van der Waals surface area contributed by atoms with E-state index in [1.807, 2.05) is 18.2 Å². The van der Waals surface area contributed by atoms with Crippen LogP contribution in [0.1, 0.15) is 12.5 Å². The zero-order valence-electron chi connectivity index (χ0n) is 10.9. The number of nitrogens with one attached hydrogen (secondary N) is 2. The first-order valence-electron chi connectivity index (χ1n) is 6.60. The van der Waals surface area contributed by atoms with Crippen LogP contribution in [0.2, 0.25) is 0 Å². The van der Waals surface area contributed by atoms with E-state index in [0.29, 0.717) is 6.54 Å². The van der Waals surface area contributed by atoms with Gasteiger partial charge in [-0.2, -0.15) is 0 Å². The van der Waals surface area contributed by atoms with Gasteiger partial charge in [-0.3, -0.25) is 9.69 Å². The number of amides is 1. The van der Waals surface area contributed by atoms with Crippen molar-refractivity contribution in [2.75, 3.05) is 38.0 Å². The molecule has 1 aromatic rings. The van der Waals surface area contributed by atoms with Crippen molar-refractivity contribution in [3.05, 3.63) is 29.8 Å². The second kappa shape index (κ2) is 6.52. The summed E-state index contributed by atoms with van der Waals surface area (Å²) in [4.78, 5) is 14.1. The van der Waals surface area contributed by atoms with Gasteiger partial charge in [0.15, 0.2) is 0 Å². The summed E-state index contributed by atoms with van der Waals surface area (Å²) in [5.41, 5.74) is 2.14. The molecule has 0 atom stereocenters. The fourth-order valence-electron chi connectivity index (χ4n) is 2.14. The monoisotopic (exact) mass is 247 g/mol. The SMILES string of the molecule is CCc1cccc(NC(=O)CN2CCNCC2)c1. The number of hydrogen-bond acceptors (Lipinski definition) is 3. The minimum absolute atomic E-state index is 0.0742. The number of nitrogens with zero attached hydrogens (tertiary/aromatic N) is 1. The third-order valence-corrected chi connectivity index (χ3v) is 3.20. The van der Waals surface area contributed by atoms with Crippen molar-refractivity contribution >= 4 is 11.6 Å². The number of hydrogen-bond donors (Lipinski definition) is 2. The van der Waals surface area contributed by atoms with E-state index >= 15 is 0 Å². The third-order valence-electron chi connectivity index (χ3n) is 3.20. The summed E-state index contributed by atoms with van der Waals surface area (Å²) < 4.78 is 0. The molecule has 1 amide bonds. The summed E-state index contributed by atoms with van der Waals surface area (Å²) >= 11 is 0. The van der Waals surface area contributed by atoms with Crippen LogP contribution in [0.15, 0.2) is 24.3 Å². The molecule has 98 valence electrons. The number of benzene rings is 1. The average molecular weight is 247 g/mol. The van der Waals surface area contributed by atoms with Crippen LogP contribution in [0.3, 0.4) is 0 Å². The molecule has 1 aliphatic heterocycles. The second-order valence-electron chi connectivity index (χ2n) is 4.63. The molecule has 0 radical (unpaired) electrons. The Kier molecular flexibility index (Phi) is 4.73. The van der Waals surface area contributed by atoms with E-state index in [1.54, 1.807) is 0 Å². The van der Waals surface area contributed by atoms with Crippen LogP contribution in [0.4, 0.5) is 5.69 Å². The number of piperazine rings is 1. The predicted molar refractivity (Wildman–Crippen MR) is 73.8 cm³/mol. The van der Waals surface area contributed by atoms with Crippen LogP contribution in [-0.2, 0) is 11.2 Å². The van der Waals surface area contributed by atoms with E-state index < -0.39 is 0 Å². The molecule has 0 bridgehead atoms. The van der Waals surface area contributed by atoms with E-state index in [-0.39, 0.29) is 5.91 Å². The zero-order chi connectivity index (χ0) is 12.8. The first-order chi connectivity index (χ1) is 8.78. The van der Waals surface area contributed by atoms with Gasteiger partial charge in [0.25, 0.3) is 0 Å². The van der Waals surface area contributed by atoms with E-state index in [0.717, 1.165) is 38.3 Å². The zero-order valence-corrected chi connectivity index (χ0v) is 10.9. The Labute approximate surface area is 108 Å². The Hall–Kier alpha value is -1.39. The molecular weight excluding hydrogens is 226 g/mol. The van der Waals surface area contributed by atoms with Gasteiger partial charge in [-0.25, -0.2) is 0 Å². The standard InChI is InChI=1S/C14H21N3O/c1-2-12-4-3-5-13(10-12)16-14(18)11-17-8-6-15-7-9-17/h3-5,10,15H,2,6-9,11H2,1H3,(H,16,18). The fraction of sp³-hybridized carbons (Fsp3) is 0.500. The lowest BCUT2D eigenvalue weighted by Crippen LogP contribution is -2.46. The lowest BCUT2D eigenvalue weighted by atomic mass is 10.1. The topological polar surface area (TPSA) is 44.4 Å². The Balaban J connectivity index is 1.85. The number of anilines is 1. The largest absolute Gasteiger partial charge is 0.325 e. The van der Waals surface area contributed by atoms with E-state index in [4.69, 9.17) is 0 Å². The third kappa shape index (κ3) is 3.82. The van der Waals surface area contributed by atoms with E-state index in [1.165, 1.54) is 5.56 Å². The van der Waals surface area contributed by atoms with Gasteiger partial charge in [0.2, 0.25) is 5.91 Å². The Morgan fingerprint density at radius 3 is 2.89 bits per heavy atom. The van der Waals surface area contributed by atoms with Crippen LogP contribution in [-0.4, -0.2) is 43.5 Å². The highest BCUT2D eigenvalue weighted by Crippen LogP contribution is 2.11. The quantitative estimate of drug-likeness (QED) is 0.837. The maximum Gasteiger partial charge on any atom is 0.238 e. The molecule has 2 rings (SSSR count). The number of aryl methyl sites for hydroxylation is 1. The Morgan fingerprint density at radius 1 is 1.39 bits per heavy atom. The van der Waals surface area contributed by atoms with Crippen LogP contribution in [0.5, 0.6) is 0 Å². The molecule has 2 N–H and O–H groups in total. The van der Waals surface area contributed by atoms with Crippen molar-refractivity contribution in [3.8, 4) is 0 Å². The smallest absolute Gasteiger partial charge is 0.238 e. The number of rotatable bonds is 4. The molecule has 0 aliphatic carbocycles. The summed E-state index contributed by atoms with van der Waals surface area (Å²) in [6, 6.07) is 8.04. The van der Waals surface area contributed by atoms with Crippen molar-refractivity contribution in [3.63, 3.8) is 0 Å². The number of carbonyl (C=O) groups is 1. The van der Waals surface area contributed by atoms with E-state index in [2.05, 4.69) is 28.5 Å². The van der Waals surface area contributed by atoms with Crippen molar-refractivity contribution < 1.29 is 4.79 Å². The molecule has 0 unspecified atom stereocenters. The summed E-state index contributed by atoms with van der Waals surface area (Å²) in [7, 11) is 0. The van der Waals surface area contributed by atoms with E-state index in [9.17, 15) is 4.79 Å². The summed E-state index contributed by atoms with van der Waals surface area (Å²) in [6.07, 6.45) is 0.988. The van der Waals surface area contributed by atoms with Gasteiger partial charge in [0, 0.05) is 31.9 Å². The first kappa shape index (κ1) is 13.1. The van der Waals surface area contributed by atoms with Gasteiger partial charge >= 0.3 is 0 Å². The Morgan fingerprint density at radius 2 is 2.17 bits per heavy atom. The lowest BCUT2D eigenvalue weighted by Gasteiger charge is -2.26. The highest BCUT2D eigenvalue weighted by Gasteiger charge is 2.13. The maximum atomic E-state index is 11.9. The van der Waals surface area contributed by atoms with Crippen molar-refractivity contribution in [2.45, 2.75) is 13.3 Å². The summed E-state index contributed by atoms with van der Waals surface area (Å²) in [5.74, 6) is 0.0742. The predicted octanol–water partition coefficient (Wildman–Crippen LogP) is 1.09. The van der Waals surface area contributed by atoms with Gasteiger partial charge in [0.1, 0.15) is 0 Å². The molecule has 18 heavy (non-hydrogen) atoms. The normalized spacial score (nSPS) is 16.5. The Bertz CT molecular complexity index is 400. The van der Waals surface area contributed by atoms with Crippen LogP contribution in [0.25, 0.3) is 0 Å². The molecule has 1 aliphatic rings. The molecule has 4 nitrogen and oxygen atoms in total. The van der Waals surface area contributed by atoms with Crippen molar-refractivity contribution in [2.24, 2.45) is 0 Å². The molecule has 1 heterocycles. The minimum atomic E-state index is 0.0742. The van der Waals surface area contributed by atoms with Crippen LogP contribution >= 0.6 is 0 Å². The first-order valence-corrected chi connectivity index (χ1v) is 6.60. The van der Waals surface area contributed by atoms with Crippen molar-refractivity contribution in [1.29, 1.82) is 0 Å². The summed E-state index contributed by atoms with van der Waals surface area (Å²) in [6.45, 7) is 6.43. The molecule has 0 spiro atoms. The second-order valence-corrected chi connectivity index (χ2v) is 4.63. The molecule has 4 heteroatoms. The van der Waals surface area contributed by atoms with Crippen LogP contribution < -0.4 is 10.6 Å². The van der Waals surface area contributed by atoms with Gasteiger partial charge in [0.05, 0.1) is 6.54 Å². The maximum absolute atomic E-state index is 11.9. The van der Waals surface area contributed by atoms with Crippen molar-refractivity contribution in [1.82, 2.24) is 10.2 Å². The number of carbonyl (C=O) groups excluding carboxylic acids is 1. The van der Waals surface area contributed by atoms with Gasteiger partial charge in [-0.1, -0.05) is 19.1 Å². The molecule has 0 aromatic heterocycles. The lowest BCUT2D eigenvalue weighted by molar-refractivity contribution is -0.117. The molecule has 1 saturated heterocycles. The highest BCUT2D eigenvalue weighted by atomic mass is 16.2. The molecule has 1 aromatic carbocycles.